The van der Waals surface area contributed by atoms with E-state index < -0.39 is 10.0 Å². The smallest absolute Gasteiger partial charge is 0.220 e. The molecule has 2 aromatic rings. The van der Waals surface area contributed by atoms with E-state index in [1.54, 1.807) is 24.5 Å². The van der Waals surface area contributed by atoms with Gasteiger partial charge in [0.1, 0.15) is 12.0 Å². The van der Waals surface area contributed by atoms with Crippen LogP contribution in [0.15, 0.2) is 39.4 Å². The molecule has 29 heavy (non-hydrogen) atoms. The lowest BCUT2D eigenvalue weighted by Gasteiger charge is -2.36. The van der Waals surface area contributed by atoms with E-state index in [1.807, 2.05) is 0 Å². The average Bonchev–Trinajstić information content (AvgIpc) is 3.39. The molecular weight excluding hydrogens is 412 g/mol. The van der Waals surface area contributed by atoms with Gasteiger partial charge >= 0.3 is 0 Å². The fraction of sp³-hybridized carbons (Fsp3) is 0.556. The van der Waals surface area contributed by atoms with Gasteiger partial charge in [-0.1, -0.05) is 11.2 Å². The molecule has 0 spiro atoms. The number of hydrogen-bond donors (Lipinski definition) is 1. The van der Waals surface area contributed by atoms with E-state index in [0.717, 1.165) is 12.5 Å². The molecule has 3 heterocycles. The van der Waals surface area contributed by atoms with Crippen LogP contribution in [0.25, 0.3) is 0 Å². The molecule has 1 aliphatic rings. The van der Waals surface area contributed by atoms with Crippen LogP contribution < -0.4 is 5.32 Å². The summed E-state index contributed by atoms with van der Waals surface area (Å²) in [6, 6.07) is 6.02. The first kappa shape index (κ1) is 21.8. The van der Waals surface area contributed by atoms with Crippen molar-refractivity contribution in [1.29, 1.82) is 0 Å². The van der Waals surface area contributed by atoms with Crippen LogP contribution in [0, 0.1) is 0 Å². The molecule has 0 aromatic carbocycles. The van der Waals surface area contributed by atoms with Crippen molar-refractivity contribution in [3.05, 3.63) is 40.4 Å². The van der Waals surface area contributed by atoms with Crippen LogP contribution >= 0.6 is 11.3 Å². The number of thiophene rings is 1. The third-order valence-electron chi connectivity index (χ3n) is 4.91. The normalized spacial score (nSPS) is 17.7. The van der Waals surface area contributed by atoms with Gasteiger partial charge in [0.05, 0.1) is 11.7 Å². The molecular formula is C18H28N6O3S2. The molecule has 11 heteroatoms. The lowest BCUT2D eigenvalue weighted by Crippen LogP contribution is -2.54. The molecule has 0 aliphatic carbocycles. The lowest BCUT2D eigenvalue weighted by atomic mass is 10.2. The molecule has 3 rings (SSSR count). The summed E-state index contributed by atoms with van der Waals surface area (Å²) in [4.78, 5) is 9.97. The highest BCUT2D eigenvalue weighted by molar-refractivity contribution is 7.88. The second kappa shape index (κ2) is 9.70. The van der Waals surface area contributed by atoms with Crippen LogP contribution in [-0.2, 0) is 15.8 Å². The Kier molecular flexibility index (Phi) is 7.28. The summed E-state index contributed by atoms with van der Waals surface area (Å²) in [5, 5.41) is 9.24. The Bertz CT molecular complexity index is 873. The van der Waals surface area contributed by atoms with Gasteiger partial charge < -0.3 is 19.6 Å². The zero-order chi connectivity index (χ0) is 20.9. The minimum Gasteiger partial charge on any atom is -0.364 e. The van der Waals surface area contributed by atoms with Gasteiger partial charge in [-0.2, -0.15) is 4.31 Å². The van der Waals surface area contributed by atoms with E-state index in [1.165, 1.54) is 15.4 Å². The molecule has 1 saturated heterocycles. The fourth-order valence-electron chi connectivity index (χ4n) is 3.31. The number of aliphatic imine (C=N–C) groups is 1. The largest absolute Gasteiger partial charge is 0.364 e. The van der Waals surface area contributed by atoms with Crippen LogP contribution in [0.2, 0.25) is 0 Å². The Morgan fingerprint density at radius 2 is 2.10 bits per heavy atom. The van der Waals surface area contributed by atoms with E-state index in [-0.39, 0.29) is 11.8 Å². The number of hydrogen-bond acceptors (Lipinski definition) is 7. The summed E-state index contributed by atoms with van der Waals surface area (Å²) < 4.78 is 31.4. The van der Waals surface area contributed by atoms with Crippen molar-refractivity contribution in [3.63, 3.8) is 0 Å². The maximum absolute atomic E-state index is 12.6. The number of piperazine rings is 1. The zero-order valence-corrected chi connectivity index (χ0v) is 18.6. The first-order chi connectivity index (χ1) is 13.9. The quantitative estimate of drug-likeness (QED) is 0.508. The maximum Gasteiger partial charge on any atom is 0.220 e. The van der Waals surface area contributed by atoms with Crippen molar-refractivity contribution >= 4 is 27.3 Å². The second-order valence-electron chi connectivity index (χ2n) is 7.06. The third kappa shape index (κ3) is 5.56. The van der Waals surface area contributed by atoms with Gasteiger partial charge in [-0.05, 0) is 25.5 Å². The van der Waals surface area contributed by atoms with Crippen molar-refractivity contribution in [1.82, 2.24) is 24.6 Å². The molecule has 0 amide bonds. The highest BCUT2D eigenvalue weighted by Gasteiger charge is 2.29. The minimum atomic E-state index is -3.41. The SMILES string of the molecule is CN=C(NCC(c1cccs1)N(C)C)N1CCN(S(=O)(=O)Cc2ccon2)CC1. The number of nitrogens with one attached hydrogen (secondary N) is 1. The van der Waals surface area contributed by atoms with Crippen LogP contribution in [0.4, 0.5) is 0 Å². The standard InChI is InChI=1S/C18H28N6O3S2/c1-19-18(20-13-16(22(2)3)17-5-4-12-28-17)23-7-9-24(10-8-23)29(25,26)14-15-6-11-27-21-15/h4-6,11-12,16H,7-10,13-14H2,1-3H3,(H,19,20). The van der Waals surface area contributed by atoms with Crippen molar-refractivity contribution < 1.29 is 12.9 Å². The molecule has 1 aliphatic heterocycles. The predicted octanol–water partition coefficient (Wildman–Crippen LogP) is 1.06. The van der Waals surface area contributed by atoms with Gasteiger partial charge in [0.15, 0.2) is 5.96 Å². The molecule has 0 saturated carbocycles. The Morgan fingerprint density at radius 3 is 2.66 bits per heavy atom. The highest BCUT2D eigenvalue weighted by Crippen LogP contribution is 2.22. The van der Waals surface area contributed by atoms with Crippen LogP contribution in [0.1, 0.15) is 16.6 Å². The van der Waals surface area contributed by atoms with Crippen LogP contribution in [-0.4, -0.2) is 87.5 Å². The Labute approximate surface area is 176 Å². The molecule has 160 valence electrons. The molecule has 1 N–H and O–H groups in total. The summed E-state index contributed by atoms with van der Waals surface area (Å²) in [5.41, 5.74) is 0.424. The van der Waals surface area contributed by atoms with E-state index in [9.17, 15) is 8.42 Å². The number of guanidine groups is 1. The Hall–Kier alpha value is -1.95. The van der Waals surface area contributed by atoms with Crippen molar-refractivity contribution in [2.75, 3.05) is 53.9 Å². The highest BCUT2D eigenvalue weighted by atomic mass is 32.2. The van der Waals surface area contributed by atoms with Crippen molar-refractivity contribution in [3.8, 4) is 0 Å². The minimum absolute atomic E-state index is 0.137. The summed E-state index contributed by atoms with van der Waals surface area (Å²) in [6.45, 7) is 2.74. The Balaban J connectivity index is 1.54. The van der Waals surface area contributed by atoms with E-state index >= 15 is 0 Å². The molecule has 9 nitrogen and oxygen atoms in total. The zero-order valence-electron chi connectivity index (χ0n) is 17.0. The van der Waals surface area contributed by atoms with E-state index in [0.29, 0.717) is 31.9 Å². The van der Waals surface area contributed by atoms with Crippen molar-refractivity contribution in [2.24, 2.45) is 4.99 Å². The molecule has 0 bridgehead atoms. The topological polar surface area (TPSA) is 94.3 Å². The molecule has 1 atom stereocenters. The number of likely N-dealkylation sites (N-methyl/N-ethyl adjacent to an activating group) is 1. The molecule has 1 fully saturated rings. The van der Waals surface area contributed by atoms with Crippen LogP contribution in [0.5, 0.6) is 0 Å². The third-order valence-corrected chi connectivity index (χ3v) is 7.70. The summed E-state index contributed by atoms with van der Waals surface area (Å²) in [6.07, 6.45) is 1.38. The van der Waals surface area contributed by atoms with Gasteiger partial charge in [0.2, 0.25) is 10.0 Å². The van der Waals surface area contributed by atoms with Crippen LogP contribution in [0.3, 0.4) is 0 Å². The van der Waals surface area contributed by atoms with E-state index in [2.05, 4.69) is 56.9 Å². The first-order valence-electron chi connectivity index (χ1n) is 9.43. The number of nitrogens with zero attached hydrogens (tertiary/aromatic N) is 5. The monoisotopic (exact) mass is 440 g/mol. The average molecular weight is 441 g/mol. The van der Waals surface area contributed by atoms with Gasteiger partial charge in [0.25, 0.3) is 0 Å². The molecule has 1 unspecified atom stereocenters. The fourth-order valence-corrected chi connectivity index (χ4v) is 5.65. The number of rotatable bonds is 7. The Morgan fingerprint density at radius 1 is 1.34 bits per heavy atom. The molecule has 2 aromatic heterocycles. The van der Waals surface area contributed by atoms with Gasteiger partial charge in [-0.3, -0.25) is 4.99 Å². The first-order valence-corrected chi connectivity index (χ1v) is 11.9. The second-order valence-corrected chi connectivity index (χ2v) is 10.0. The van der Waals surface area contributed by atoms with Gasteiger partial charge in [-0.15, -0.1) is 11.3 Å². The lowest BCUT2D eigenvalue weighted by molar-refractivity contribution is 0.254. The van der Waals surface area contributed by atoms with Gasteiger partial charge in [-0.25, -0.2) is 8.42 Å². The summed E-state index contributed by atoms with van der Waals surface area (Å²) >= 11 is 1.74. The maximum atomic E-state index is 12.6. The van der Waals surface area contributed by atoms with E-state index in [4.69, 9.17) is 4.52 Å². The summed E-state index contributed by atoms with van der Waals surface area (Å²) in [7, 11) is 2.47. The molecule has 0 radical (unpaired) electrons. The number of aromatic nitrogens is 1. The van der Waals surface area contributed by atoms with Crippen molar-refractivity contribution in [2.45, 2.75) is 11.8 Å². The van der Waals surface area contributed by atoms with Gasteiger partial charge in [0, 0.05) is 50.7 Å². The number of sulfonamides is 1. The summed E-state index contributed by atoms with van der Waals surface area (Å²) in [5.74, 6) is 0.656. The predicted molar refractivity (Wildman–Crippen MR) is 114 cm³/mol.